The molecule has 1 rings (SSSR count). The van der Waals surface area contributed by atoms with Crippen LogP contribution in [0.3, 0.4) is 0 Å². The molecule has 0 radical (unpaired) electrons. The largest absolute Gasteiger partial charge is 0.481 e. The fourth-order valence-electron chi connectivity index (χ4n) is 1.75. The highest BCUT2D eigenvalue weighted by atomic mass is 16.6. The molecule has 1 atom stereocenters. The molecule has 0 fully saturated rings. The van der Waals surface area contributed by atoms with Crippen molar-refractivity contribution in [2.75, 3.05) is 0 Å². The molecule has 22 heavy (non-hydrogen) atoms. The number of alkyl carbamates (subject to hydrolysis) is 1. The summed E-state index contributed by atoms with van der Waals surface area (Å²) in [5.41, 5.74) is 0.587. The Morgan fingerprint density at radius 2 is 1.73 bits per heavy atom. The second-order valence-corrected chi connectivity index (χ2v) is 6.03. The molecular weight excluding hydrogens is 286 g/mol. The van der Waals surface area contributed by atoms with Gasteiger partial charge in [-0.3, -0.25) is 9.59 Å². The highest BCUT2D eigenvalue weighted by molar-refractivity contribution is 6.03. The Bertz CT molecular complexity index is 557. The summed E-state index contributed by atoms with van der Waals surface area (Å²) in [6.07, 6.45) is -1.33. The third-order valence-electron chi connectivity index (χ3n) is 2.72. The number of ketones is 1. The second kappa shape index (κ2) is 7.06. The first kappa shape index (κ1) is 17.7. The van der Waals surface area contributed by atoms with Gasteiger partial charge in [-0.25, -0.2) is 4.79 Å². The van der Waals surface area contributed by atoms with Gasteiger partial charge in [0.05, 0.1) is 6.42 Å². The number of aryl methyl sites for hydroxylation is 1. The number of nitrogens with one attached hydrogen (secondary N) is 1. The van der Waals surface area contributed by atoms with E-state index in [2.05, 4.69) is 5.32 Å². The van der Waals surface area contributed by atoms with Crippen LogP contribution in [0.15, 0.2) is 24.3 Å². The van der Waals surface area contributed by atoms with Crippen LogP contribution in [0.2, 0.25) is 0 Å². The number of carboxylic acids is 1. The number of rotatable bonds is 5. The molecule has 6 nitrogen and oxygen atoms in total. The molecule has 120 valence electrons. The summed E-state index contributed by atoms with van der Waals surface area (Å²) in [5, 5.41) is 11.3. The van der Waals surface area contributed by atoms with Crippen LogP contribution in [0.25, 0.3) is 0 Å². The molecule has 0 unspecified atom stereocenters. The van der Waals surface area contributed by atoms with E-state index in [0.717, 1.165) is 5.56 Å². The van der Waals surface area contributed by atoms with Gasteiger partial charge in [0, 0.05) is 5.56 Å². The minimum Gasteiger partial charge on any atom is -0.481 e. The number of carbonyl (C=O) groups excluding carboxylic acids is 2. The molecule has 1 amide bonds. The molecule has 0 heterocycles. The van der Waals surface area contributed by atoms with Crippen molar-refractivity contribution in [2.45, 2.75) is 45.8 Å². The number of hydrogen-bond acceptors (Lipinski definition) is 4. The van der Waals surface area contributed by atoms with Crippen LogP contribution in [0, 0.1) is 6.92 Å². The monoisotopic (exact) mass is 307 g/mol. The van der Waals surface area contributed by atoms with E-state index in [1.807, 2.05) is 6.92 Å². The van der Waals surface area contributed by atoms with Gasteiger partial charge in [-0.15, -0.1) is 0 Å². The van der Waals surface area contributed by atoms with Gasteiger partial charge in [-0.2, -0.15) is 0 Å². The number of hydrogen-bond donors (Lipinski definition) is 2. The van der Waals surface area contributed by atoms with E-state index in [9.17, 15) is 14.4 Å². The molecule has 0 aromatic heterocycles. The SMILES string of the molecule is Cc1ccc(C(=O)[C@H](CC(=O)O)NC(=O)OC(C)(C)C)cc1. The minimum absolute atomic E-state index is 0.341. The van der Waals surface area contributed by atoms with Crippen LogP contribution in [0.1, 0.15) is 43.1 Å². The van der Waals surface area contributed by atoms with Crippen LogP contribution in [-0.2, 0) is 9.53 Å². The Morgan fingerprint density at radius 3 is 2.18 bits per heavy atom. The molecule has 6 heteroatoms. The van der Waals surface area contributed by atoms with E-state index in [4.69, 9.17) is 9.84 Å². The maximum atomic E-state index is 12.4. The summed E-state index contributed by atoms with van der Waals surface area (Å²) in [5.74, 6) is -1.64. The first-order valence-electron chi connectivity index (χ1n) is 6.90. The van der Waals surface area contributed by atoms with E-state index in [1.54, 1.807) is 45.0 Å². The minimum atomic E-state index is -1.18. The topological polar surface area (TPSA) is 92.7 Å². The maximum absolute atomic E-state index is 12.4. The van der Waals surface area contributed by atoms with Crippen LogP contribution in [0.4, 0.5) is 4.79 Å². The lowest BCUT2D eigenvalue weighted by molar-refractivity contribution is -0.137. The second-order valence-electron chi connectivity index (χ2n) is 6.03. The van der Waals surface area contributed by atoms with Crippen molar-refractivity contribution in [3.63, 3.8) is 0 Å². The van der Waals surface area contributed by atoms with Crippen molar-refractivity contribution in [3.05, 3.63) is 35.4 Å². The Morgan fingerprint density at radius 1 is 1.18 bits per heavy atom. The lowest BCUT2D eigenvalue weighted by atomic mass is 10.0. The van der Waals surface area contributed by atoms with Crippen molar-refractivity contribution in [3.8, 4) is 0 Å². The molecule has 0 bridgehead atoms. The van der Waals surface area contributed by atoms with Gasteiger partial charge >= 0.3 is 12.1 Å². The van der Waals surface area contributed by atoms with E-state index in [1.165, 1.54) is 0 Å². The van der Waals surface area contributed by atoms with Crippen LogP contribution in [-0.4, -0.2) is 34.6 Å². The Balaban J connectivity index is 2.88. The third kappa shape index (κ3) is 5.95. The summed E-state index contributed by atoms with van der Waals surface area (Å²) in [6.45, 7) is 6.92. The van der Waals surface area contributed by atoms with Crippen LogP contribution >= 0.6 is 0 Å². The van der Waals surface area contributed by atoms with Crippen LogP contribution in [0.5, 0.6) is 0 Å². The molecule has 0 saturated heterocycles. The number of ether oxygens (including phenoxy) is 1. The van der Waals surface area contributed by atoms with E-state index >= 15 is 0 Å². The van der Waals surface area contributed by atoms with Gasteiger partial charge in [0.1, 0.15) is 11.6 Å². The van der Waals surface area contributed by atoms with Gasteiger partial charge in [-0.05, 0) is 27.7 Å². The number of benzene rings is 1. The zero-order chi connectivity index (χ0) is 16.9. The molecule has 0 spiro atoms. The quantitative estimate of drug-likeness (QED) is 0.815. The number of carbonyl (C=O) groups is 3. The predicted octanol–water partition coefficient (Wildman–Crippen LogP) is 2.55. The van der Waals surface area contributed by atoms with E-state index in [-0.39, 0.29) is 0 Å². The highest BCUT2D eigenvalue weighted by Gasteiger charge is 2.27. The van der Waals surface area contributed by atoms with Gasteiger partial charge in [-0.1, -0.05) is 29.8 Å². The van der Waals surface area contributed by atoms with E-state index in [0.29, 0.717) is 5.56 Å². The fourth-order valence-corrected chi connectivity index (χ4v) is 1.75. The van der Waals surface area contributed by atoms with E-state index < -0.39 is 35.9 Å². The first-order chi connectivity index (χ1) is 10.1. The summed E-state index contributed by atoms with van der Waals surface area (Å²) in [6, 6.07) is 5.53. The average Bonchev–Trinajstić information content (AvgIpc) is 2.35. The fraction of sp³-hybridized carbons (Fsp3) is 0.438. The smallest absolute Gasteiger partial charge is 0.408 e. The molecular formula is C16H21NO5. The summed E-state index contributed by atoms with van der Waals surface area (Å²) >= 11 is 0. The zero-order valence-corrected chi connectivity index (χ0v) is 13.2. The first-order valence-corrected chi connectivity index (χ1v) is 6.90. The van der Waals surface area contributed by atoms with Crippen molar-refractivity contribution < 1.29 is 24.2 Å². The van der Waals surface area contributed by atoms with Crippen molar-refractivity contribution >= 4 is 17.8 Å². The zero-order valence-electron chi connectivity index (χ0n) is 13.2. The molecule has 0 saturated carbocycles. The standard InChI is InChI=1S/C16H21NO5/c1-10-5-7-11(8-6-10)14(20)12(9-13(18)19)17-15(21)22-16(2,3)4/h5-8,12H,9H2,1-4H3,(H,17,21)(H,18,19)/t12-/m0/s1. The number of Topliss-reactive ketones (excluding diaryl/α,β-unsaturated/α-hetero) is 1. The third-order valence-corrected chi connectivity index (χ3v) is 2.72. The Labute approximate surface area is 129 Å². The number of amides is 1. The summed E-state index contributed by atoms with van der Waals surface area (Å²) in [4.78, 5) is 35.0. The lowest BCUT2D eigenvalue weighted by Crippen LogP contribution is -2.44. The summed E-state index contributed by atoms with van der Waals surface area (Å²) < 4.78 is 5.06. The maximum Gasteiger partial charge on any atom is 0.408 e. The predicted molar refractivity (Wildman–Crippen MR) is 80.9 cm³/mol. The van der Waals surface area contributed by atoms with Crippen molar-refractivity contribution in [1.29, 1.82) is 0 Å². The normalized spacial score (nSPS) is 12.4. The van der Waals surface area contributed by atoms with Crippen molar-refractivity contribution in [1.82, 2.24) is 5.32 Å². The number of aliphatic carboxylic acids is 1. The highest BCUT2D eigenvalue weighted by Crippen LogP contribution is 2.11. The Kier molecular flexibility index (Phi) is 5.68. The van der Waals surface area contributed by atoms with Gasteiger partial charge in [0.2, 0.25) is 0 Å². The molecule has 1 aromatic rings. The van der Waals surface area contributed by atoms with Crippen molar-refractivity contribution in [2.24, 2.45) is 0 Å². The number of carboxylic acid groups (broad SMARTS) is 1. The molecule has 2 N–H and O–H groups in total. The van der Waals surface area contributed by atoms with Gasteiger partial charge in [0.25, 0.3) is 0 Å². The van der Waals surface area contributed by atoms with Gasteiger partial charge < -0.3 is 15.2 Å². The molecule has 0 aliphatic rings. The van der Waals surface area contributed by atoms with Crippen LogP contribution < -0.4 is 5.32 Å². The lowest BCUT2D eigenvalue weighted by Gasteiger charge is -2.22. The molecule has 0 aliphatic heterocycles. The average molecular weight is 307 g/mol. The van der Waals surface area contributed by atoms with Gasteiger partial charge in [0.15, 0.2) is 5.78 Å². The molecule has 0 aliphatic carbocycles. The molecule has 1 aromatic carbocycles. The Hall–Kier alpha value is -2.37. The summed E-state index contributed by atoms with van der Waals surface area (Å²) in [7, 11) is 0.